The molecule has 0 aromatic rings. The summed E-state index contributed by atoms with van der Waals surface area (Å²) in [5.41, 5.74) is 0. The third-order valence-corrected chi connectivity index (χ3v) is 3.26. The molecule has 1 rings (SSSR count). The molecule has 1 N–H and O–H groups in total. The summed E-state index contributed by atoms with van der Waals surface area (Å²) in [6, 6.07) is 0. The third kappa shape index (κ3) is 5.23. The molecule has 1 amide bonds. The lowest BCUT2D eigenvalue weighted by molar-refractivity contribution is -0.138. The number of rotatable bonds is 5. The first kappa shape index (κ1) is 16.7. The Bertz CT molecular complexity index is 219. The molecule has 1 aliphatic rings. The molecule has 102 valence electrons. The second kappa shape index (κ2) is 8.72. The highest BCUT2D eigenvalue weighted by molar-refractivity contribution is 5.85. The first-order valence-corrected chi connectivity index (χ1v) is 6.11. The molecule has 1 heterocycles. The summed E-state index contributed by atoms with van der Waals surface area (Å²) in [4.78, 5) is 14.0. The Labute approximate surface area is 110 Å². The Morgan fingerprint density at radius 2 is 2.06 bits per heavy atom. The Balaban J connectivity index is 0.00000256. The normalized spacial score (nSPS) is 18.6. The molecule has 1 unspecified atom stereocenters. The first-order valence-electron chi connectivity index (χ1n) is 6.11. The third-order valence-electron chi connectivity index (χ3n) is 3.26. The van der Waals surface area contributed by atoms with Crippen LogP contribution >= 0.6 is 12.4 Å². The molecule has 0 aromatic heterocycles. The Hall–Kier alpha value is -0.320. The molecule has 0 aliphatic carbocycles. The van der Waals surface area contributed by atoms with Crippen molar-refractivity contribution in [2.24, 2.45) is 11.8 Å². The number of carbonyl (C=O) groups excluding carboxylic acids is 1. The average molecular weight is 265 g/mol. The Morgan fingerprint density at radius 3 is 2.53 bits per heavy atom. The molecule has 1 aliphatic heterocycles. The summed E-state index contributed by atoms with van der Waals surface area (Å²) in [5, 5.41) is 3.20. The first-order chi connectivity index (χ1) is 7.69. The quantitative estimate of drug-likeness (QED) is 0.810. The van der Waals surface area contributed by atoms with Crippen LogP contribution in [0.2, 0.25) is 0 Å². The van der Waals surface area contributed by atoms with Gasteiger partial charge in [-0.05, 0) is 32.4 Å². The lowest BCUT2D eigenvalue weighted by Gasteiger charge is -2.33. The van der Waals surface area contributed by atoms with Gasteiger partial charge in [-0.1, -0.05) is 6.92 Å². The van der Waals surface area contributed by atoms with Gasteiger partial charge in [-0.25, -0.2) is 0 Å². The predicted molar refractivity (Wildman–Crippen MR) is 71.5 cm³/mol. The maximum absolute atomic E-state index is 12.0. The number of carbonyl (C=O) groups is 1. The van der Waals surface area contributed by atoms with Crippen LogP contribution in [-0.2, 0) is 9.53 Å². The number of methoxy groups -OCH3 is 1. The number of hydrogen-bond acceptors (Lipinski definition) is 3. The van der Waals surface area contributed by atoms with Crippen molar-refractivity contribution in [3.8, 4) is 0 Å². The highest BCUT2D eigenvalue weighted by atomic mass is 35.5. The van der Waals surface area contributed by atoms with Gasteiger partial charge in [0.1, 0.15) is 0 Å². The minimum Gasteiger partial charge on any atom is -0.384 e. The Morgan fingerprint density at radius 1 is 1.47 bits per heavy atom. The van der Waals surface area contributed by atoms with Gasteiger partial charge in [-0.15, -0.1) is 12.4 Å². The van der Waals surface area contributed by atoms with Crippen LogP contribution in [0, 0.1) is 11.8 Å². The molecular weight excluding hydrogens is 240 g/mol. The summed E-state index contributed by atoms with van der Waals surface area (Å²) >= 11 is 0. The number of halogens is 1. The van der Waals surface area contributed by atoms with Crippen LogP contribution in [0.5, 0.6) is 0 Å². The monoisotopic (exact) mass is 264 g/mol. The van der Waals surface area contributed by atoms with Crippen molar-refractivity contribution in [1.82, 2.24) is 10.2 Å². The largest absolute Gasteiger partial charge is 0.384 e. The number of nitrogens with zero attached hydrogens (tertiary/aromatic N) is 1. The van der Waals surface area contributed by atoms with E-state index in [1.807, 2.05) is 18.9 Å². The van der Waals surface area contributed by atoms with Crippen LogP contribution in [0.15, 0.2) is 0 Å². The molecule has 1 fully saturated rings. The van der Waals surface area contributed by atoms with E-state index < -0.39 is 0 Å². The fourth-order valence-electron chi connectivity index (χ4n) is 2.28. The zero-order valence-corrected chi connectivity index (χ0v) is 11.9. The van der Waals surface area contributed by atoms with Crippen molar-refractivity contribution in [2.75, 3.05) is 40.4 Å². The van der Waals surface area contributed by atoms with Crippen LogP contribution in [0.3, 0.4) is 0 Å². The van der Waals surface area contributed by atoms with E-state index in [0.29, 0.717) is 6.61 Å². The van der Waals surface area contributed by atoms with Crippen LogP contribution in [0.1, 0.15) is 19.8 Å². The number of piperidine rings is 1. The van der Waals surface area contributed by atoms with Crippen LogP contribution in [0.25, 0.3) is 0 Å². The summed E-state index contributed by atoms with van der Waals surface area (Å²) in [7, 11) is 3.63. The van der Waals surface area contributed by atoms with E-state index in [0.717, 1.165) is 38.4 Å². The molecule has 1 atom stereocenters. The van der Waals surface area contributed by atoms with Crippen LogP contribution < -0.4 is 5.32 Å². The van der Waals surface area contributed by atoms with Crippen molar-refractivity contribution in [3.05, 3.63) is 0 Å². The average Bonchev–Trinajstić information content (AvgIpc) is 2.30. The van der Waals surface area contributed by atoms with Gasteiger partial charge in [-0.2, -0.15) is 0 Å². The van der Waals surface area contributed by atoms with Crippen molar-refractivity contribution in [1.29, 1.82) is 0 Å². The minimum atomic E-state index is -0.00847. The highest BCUT2D eigenvalue weighted by Gasteiger charge is 2.25. The number of likely N-dealkylation sites (tertiary alicyclic amines) is 1. The van der Waals surface area contributed by atoms with Crippen molar-refractivity contribution in [2.45, 2.75) is 19.8 Å². The van der Waals surface area contributed by atoms with E-state index in [-0.39, 0.29) is 24.2 Å². The molecular formula is C12H25ClN2O2. The molecule has 0 radical (unpaired) electrons. The van der Waals surface area contributed by atoms with Gasteiger partial charge in [0, 0.05) is 20.2 Å². The molecule has 4 nitrogen and oxygen atoms in total. The SMILES string of the molecule is CNCC1CCN(C(=O)C(C)COC)CC1.Cl. The van der Waals surface area contributed by atoms with Crippen LogP contribution in [0.4, 0.5) is 0 Å². The minimum absolute atomic E-state index is 0. The molecule has 0 spiro atoms. The summed E-state index contributed by atoms with van der Waals surface area (Å²) in [6.45, 7) is 5.33. The van der Waals surface area contributed by atoms with E-state index in [2.05, 4.69) is 5.32 Å². The van der Waals surface area contributed by atoms with Gasteiger partial charge in [0.15, 0.2) is 0 Å². The zero-order chi connectivity index (χ0) is 12.0. The standard InChI is InChI=1S/C12H24N2O2.ClH/c1-10(9-16-3)12(15)14-6-4-11(5-7-14)8-13-2;/h10-11,13H,4-9H2,1-3H3;1H. The maximum atomic E-state index is 12.0. The van der Waals surface area contributed by atoms with E-state index >= 15 is 0 Å². The van der Waals surface area contributed by atoms with Gasteiger partial charge in [0.2, 0.25) is 5.91 Å². The highest BCUT2D eigenvalue weighted by Crippen LogP contribution is 2.18. The second-order valence-electron chi connectivity index (χ2n) is 4.68. The number of amides is 1. The van der Waals surface area contributed by atoms with Gasteiger partial charge in [-0.3, -0.25) is 4.79 Å². The van der Waals surface area contributed by atoms with Gasteiger partial charge >= 0.3 is 0 Å². The molecule has 0 bridgehead atoms. The smallest absolute Gasteiger partial charge is 0.227 e. The molecule has 0 saturated carbocycles. The van der Waals surface area contributed by atoms with E-state index in [1.54, 1.807) is 7.11 Å². The zero-order valence-electron chi connectivity index (χ0n) is 11.1. The lowest BCUT2D eigenvalue weighted by Crippen LogP contribution is -2.43. The lowest BCUT2D eigenvalue weighted by atomic mass is 9.96. The van der Waals surface area contributed by atoms with E-state index in [1.165, 1.54) is 0 Å². The second-order valence-corrected chi connectivity index (χ2v) is 4.68. The summed E-state index contributed by atoms with van der Waals surface area (Å²) in [5.74, 6) is 0.961. The Kier molecular flexibility index (Phi) is 8.56. The number of hydrogen-bond donors (Lipinski definition) is 1. The summed E-state index contributed by atoms with van der Waals surface area (Å²) in [6.07, 6.45) is 2.23. The van der Waals surface area contributed by atoms with Crippen LogP contribution in [-0.4, -0.2) is 51.2 Å². The maximum Gasteiger partial charge on any atom is 0.227 e. The van der Waals surface area contributed by atoms with Crippen molar-refractivity contribution >= 4 is 18.3 Å². The molecule has 17 heavy (non-hydrogen) atoms. The van der Waals surface area contributed by atoms with Crippen molar-refractivity contribution in [3.63, 3.8) is 0 Å². The topological polar surface area (TPSA) is 41.6 Å². The molecule has 0 aromatic carbocycles. The van der Waals surface area contributed by atoms with E-state index in [9.17, 15) is 4.79 Å². The van der Waals surface area contributed by atoms with Gasteiger partial charge < -0.3 is 15.0 Å². The van der Waals surface area contributed by atoms with Crippen molar-refractivity contribution < 1.29 is 9.53 Å². The fourth-order valence-corrected chi connectivity index (χ4v) is 2.28. The summed E-state index contributed by atoms with van der Waals surface area (Å²) < 4.78 is 5.02. The molecule has 1 saturated heterocycles. The molecule has 5 heteroatoms. The predicted octanol–water partition coefficient (Wildman–Crippen LogP) is 1.15. The number of ether oxygens (including phenoxy) is 1. The van der Waals surface area contributed by atoms with E-state index in [4.69, 9.17) is 4.74 Å². The fraction of sp³-hybridized carbons (Fsp3) is 0.917. The van der Waals surface area contributed by atoms with Gasteiger partial charge in [0.05, 0.1) is 12.5 Å². The number of nitrogens with one attached hydrogen (secondary N) is 1. The van der Waals surface area contributed by atoms with Gasteiger partial charge in [0.25, 0.3) is 0 Å².